The second kappa shape index (κ2) is 30.6. The predicted octanol–water partition coefficient (Wildman–Crippen LogP) is 9.69. The van der Waals surface area contributed by atoms with Crippen LogP contribution < -0.4 is 10.6 Å². The summed E-state index contributed by atoms with van der Waals surface area (Å²) in [6.07, 6.45) is -10.8. The van der Waals surface area contributed by atoms with Crippen LogP contribution in [0.15, 0.2) is 164 Å². The number of esters is 4. The Morgan fingerprint density at radius 2 is 0.966 bits per heavy atom. The third kappa shape index (κ3) is 17.0. The van der Waals surface area contributed by atoms with Crippen LogP contribution in [-0.2, 0) is 74.9 Å². The molecule has 2 saturated heterocycles. The molecule has 2 amide bonds. The van der Waals surface area contributed by atoms with Gasteiger partial charge in [-0.2, -0.15) is 0 Å². The van der Waals surface area contributed by atoms with E-state index in [1.807, 2.05) is 101 Å². The molecule has 2 N–H and O–H groups in total. The van der Waals surface area contributed by atoms with Crippen molar-refractivity contribution in [1.82, 2.24) is 10.6 Å². The monoisotopic (exact) mass is 1200 g/mol. The largest absolute Gasteiger partial charge is 0.463 e. The molecule has 9 rings (SSSR count). The fourth-order valence-corrected chi connectivity index (χ4v) is 11.1. The average molecular weight is 1200 g/mol. The lowest BCUT2D eigenvalue weighted by atomic mass is 9.79. The molecule has 4 aliphatic rings. The van der Waals surface area contributed by atoms with Gasteiger partial charge in [-0.05, 0) is 66.3 Å². The summed E-state index contributed by atoms with van der Waals surface area (Å²) >= 11 is 0. The van der Waals surface area contributed by atoms with Crippen molar-refractivity contribution in [3.8, 4) is 0 Å². The second-order valence-electron chi connectivity index (χ2n) is 22.3. The Morgan fingerprint density at radius 1 is 0.483 bits per heavy atom. The van der Waals surface area contributed by atoms with Gasteiger partial charge in [0.15, 0.2) is 25.0 Å². The van der Waals surface area contributed by atoms with Crippen molar-refractivity contribution in [1.29, 1.82) is 0 Å². The number of carbonyl (C=O) groups is 6. The summed E-state index contributed by atoms with van der Waals surface area (Å²) in [5, 5.41) is 5.81. The minimum Gasteiger partial charge on any atom is -0.463 e. The van der Waals surface area contributed by atoms with Crippen molar-refractivity contribution in [2.45, 2.75) is 147 Å². The van der Waals surface area contributed by atoms with Gasteiger partial charge in [0.25, 0.3) is 0 Å². The van der Waals surface area contributed by atoms with Crippen LogP contribution in [0, 0.1) is 23.7 Å². The third-order valence-electron chi connectivity index (χ3n) is 16.0. The molecule has 1 unspecified atom stereocenters. The number of carbonyl (C=O) groups excluding carboxylic acids is 6. The van der Waals surface area contributed by atoms with Crippen molar-refractivity contribution in [2.75, 3.05) is 13.2 Å². The topological polar surface area (TPSA) is 237 Å². The van der Waals surface area contributed by atoms with E-state index in [4.69, 9.17) is 56.8 Å². The molecule has 20 nitrogen and oxygen atoms in total. The number of alkyl carbamates (subject to hydrolysis) is 2. The Hall–Kier alpha value is -7.98. The summed E-state index contributed by atoms with van der Waals surface area (Å²) < 4.78 is 77.3. The number of benzene rings is 5. The van der Waals surface area contributed by atoms with Crippen LogP contribution >= 0.6 is 0 Å². The Balaban J connectivity index is 1.06. The van der Waals surface area contributed by atoms with Crippen LogP contribution in [0.1, 0.15) is 96.6 Å². The highest BCUT2D eigenvalue weighted by molar-refractivity contribution is 5.90. The number of rotatable bonds is 22. The van der Waals surface area contributed by atoms with E-state index in [-0.39, 0.29) is 50.3 Å². The number of amides is 2. The maximum Gasteiger partial charge on any atom is 0.407 e. The minimum atomic E-state index is -1.49. The van der Waals surface area contributed by atoms with Gasteiger partial charge in [0.2, 0.25) is 0 Å². The predicted molar refractivity (Wildman–Crippen MR) is 313 cm³/mol. The van der Waals surface area contributed by atoms with Gasteiger partial charge in [0.1, 0.15) is 62.5 Å². The zero-order valence-corrected chi connectivity index (χ0v) is 49.5. The van der Waals surface area contributed by atoms with Crippen LogP contribution in [0.2, 0.25) is 0 Å². The van der Waals surface area contributed by atoms with Gasteiger partial charge in [-0.1, -0.05) is 162 Å². The Labute approximate surface area is 506 Å². The summed E-state index contributed by atoms with van der Waals surface area (Å²) in [6, 6.07) is 42.7. The standard InChI is InChI=1S/C67H76N2O18/c1-7-52-57(86-64-43(5)42(4)55(83-61(72)48-29-19-11-20-30-48)53(81-64)36-68-66(74)77-37-45-23-13-8-14-24-45)59(84-62(73)49-31-21-12-22-32-49)65(80-52)87-58-54(82-60(71)47-27-17-10-18-28-47)41(3)35-51(69-67(75)78-38-46-25-15-9-16-26-46)56(58)85-63-40(2)33-34-50(79-63)39-76-44(6)70/h8-34,40-43,50-59,63-65H,7,35-39H2,1-6H3,(H,68,74)(H,69,75)/t40-,41-,42-,43-,50+,51+,52-,53+,54?,55+,56-,57-,58-,59-,63-,64-,65+/m1/s1. The van der Waals surface area contributed by atoms with Crippen LogP contribution in [0.25, 0.3) is 0 Å². The second-order valence-corrected chi connectivity index (χ2v) is 22.3. The normalized spacial score (nSPS) is 29.3. The van der Waals surface area contributed by atoms with Crippen molar-refractivity contribution in [3.63, 3.8) is 0 Å². The Morgan fingerprint density at radius 3 is 1.51 bits per heavy atom. The van der Waals surface area contributed by atoms with Gasteiger partial charge >= 0.3 is 36.1 Å². The molecule has 0 bridgehead atoms. The molecule has 3 heterocycles. The summed E-state index contributed by atoms with van der Waals surface area (Å²) in [5.74, 6) is -4.50. The number of hydrogen-bond donors (Lipinski definition) is 2. The summed E-state index contributed by atoms with van der Waals surface area (Å²) in [4.78, 5) is 81.9. The zero-order chi connectivity index (χ0) is 61.4. The van der Waals surface area contributed by atoms with Gasteiger partial charge in [0.05, 0.1) is 35.4 Å². The molecule has 87 heavy (non-hydrogen) atoms. The lowest BCUT2D eigenvalue weighted by molar-refractivity contribution is -0.291. The molecule has 1 aliphatic carbocycles. The minimum absolute atomic E-state index is 0.000452. The summed E-state index contributed by atoms with van der Waals surface area (Å²) in [6.45, 7) is 10.3. The Kier molecular flexibility index (Phi) is 22.3. The van der Waals surface area contributed by atoms with E-state index < -0.39 is 140 Å². The van der Waals surface area contributed by atoms with Gasteiger partial charge < -0.3 is 67.5 Å². The molecule has 462 valence electrons. The van der Waals surface area contributed by atoms with E-state index in [1.54, 1.807) is 97.1 Å². The van der Waals surface area contributed by atoms with E-state index in [0.717, 1.165) is 11.1 Å². The average Bonchev–Trinajstić information content (AvgIpc) is 1.93. The number of nitrogens with one attached hydrogen (secondary N) is 2. The lowest BCUT2D eigenvalue weighted by Gasteiger charge is -2.47. The van der Waals surface area contributed by atoms with Gasteiger partial charge in [0, 0.05) is 24.7 Å². The molecular weight excluding hydrogens is 1120 g/mol. The van der Waals surface area contributed by atoms with Crippen molar-refractivity contribution >= 4 is 36.1 Å². The highest BCUT2D eigenvalue weighted by Crippen LogP contribution is 2.42. The molecule has 20 heteroatoms. The van der Waals surface area contributed by atoms with E-state index in [9.17, 15) is 28.8 Å². The summed E-state index contributed by atoms with van der Waals surface area (Å²) in [7, 11) is 0. The first kappa shape index (κ1) is 63.5. The van der Waals surface area contributed by atoms with E-state index in [2.05, 4.69) is 10.6 Å². The maximum atomic E-state index is 14.5. The fraction of sp³-hybridized carbons (Fsp3) is 0.433. The molecule has 5 aromatic rings. The highest BCUT2D eigenvalue weighted by atomic mass is 16.8. The van der Waals surface area contributed by atoms with Crippen LogP contribution in [-0.4, -0.2) is 129 Å². The summed E-state index contributed by atoms with van der Waals surface area (Å²) in [5.41, 5.74) is 2.30. The van der Waals surface area contributed by atoms with Crippen LogP contribution in [0.3, 0.4) is 0 Å². The zero-order valence-electron chi connectivity index (χ0n) is 49.5. The van der Waals surface area contributed by atoms with Crippen molar-refractivity contribution in [2.24, 2.45) is 23.7 Å². The first-order valence-corrected chi connectivity index (χ1v) is 29.6. The van der Waals surface area contributed by atoms with Gasteiger partial charge in [-0.15, -0.1) is 0 Å². The quantitative estimate of drug-likeness (QED) is 0.0372. The first-order chi connectivity index (χ1) is 42.1. The van der Waals surface area contributed by atoms with Crippen LogP contribution in [0.5, 0.6) is 0 Å². The third-order valence-corrected chi connectivity index (χ3v) is 16.0. The number of hydrogen-bond acceptors (Lipinski definition) is 18. The van der Waals surface area contributed by atoms with Gasteiger partial charge in [-0.3, -0.25) is 4.79 Å². The molecule has 0 spiro atoms. The molecule has 1 saturated carbocycles. The van der Waals surface area contributed by atoms with Gasteiger partial charge in [-0.25, -0.2) is 24.0 Å². The van der Waals surface area contributed by atoms with E-state index in [0.29, 0.717) is 5.56 Å². The van der Waals surface area contributed by atoms with E-state index in [1.165, 1.54) is 6.92 Å². The molecule has 5 aromatic carbocycles. The molecular formula is C67H76N2O18. The lowest BCUT2D eigenvalue weighted by Crippen LogP contribution is -2.63. The smallest absolute Gasteiger partial charge is 0.407 e. The number of ether oxygens (including phenoxy) is 12. The molecule has 3 fully saturated rings. The Bertz CT molecular complexity index is 3070. The van der Waals surface area contributed by atoms with Crippen molar-refractivity contribution < 1.29 is 85.6 Å². The fourth-order valence-electron chi connectivity index (χ4n) is 11.1. The van der Waals surface area contributed by atoms with Crippen molar-refractivity contribution in [3.05, 3.63) is 192 Å². The van der Waals surface area contributed by atoms with E-state index >= 15 is 0 Å². The van der Waals surface area contributed by atoms with Crippen LogP contribution in [0.4, 0.5) is 9.59 Å². The molecule has 3 aliphatic heterocycles. The SMILES string of the molecule is CC[C@H]1O[C@@H](O[C@@H]2C(OC(=O)c3ccccc3)[C@H](C)C[C@H](NC(=O)OCc3ccccc3)[C@H]2O[C@H]2O[C@H](COC(C)=O)C=C[C@H]2C)[C@H](OC(=O)c2ccccc2)[C@@H]1O[C@H]1O[C@@H](CNC(=O)OCc2ccccc2)[C@@H](OC(=O)c2ccccc2)[C@H](C)[C@H]1C. The molecule has 0 aromatic heterocycles. The maximum absolute atomic E-state index is 14.5. The molecule has 0 radical (unpaired) electrons. The first-order valence-electron chi connectivity index (χ1n) is 29.6. The molecule has 17 atom stereocenters. The highest BCUT2D eigenvalue weighted by Gasteiger charge is 2.57.